The summed E-state index contributed by atoms with van der Waals surface area (Å²) in [5.74, 6) is 15.2. The lowest BCUT2D eigenvalue weighted by molar-refractivity contribution is 0.542. The van der Waals surface area contributed by atoms with Crippen LogP contribution in [0, 0.1) is 0 Å². The lowest BCUT2D eigenvalue weighted by Gasteiger charge is -2.34. The molecule has 2 N–H and O–H groups in total. The third-order valence-corrected chi connectivity index (χ3v) is 1.86. The maximum absolute atomic E-state index is 7.77. The standard InChI is InChI=1S/C9H15N4/c1-12(10)8-5-4-6-9(7-8)13(2,3)11/h4-7,10-11H,1-3H3/q-1. The Kier molecular flexibility index (Phi) is 2.56. The van der Waals surface area contributed by atoms with Gasteiger partial charge in [-0.2, -0.15) is 0 Å². The average Bonchev–Trinajstić information content (AvgIpc) is 2.03. The van der Waals surface area contributed by atoms with Crippen molar-refractivity contribution in [2.75, 3.05) is 26.2 Å². The first kappa shape index (κ1) is 9.98. The van der Waals surface area contributed by atoms with Crippen LogP contribution in [0.15, 0.2) is 24.3 Å². The fourth-order valence-electron chi connectivity index (χ4n) is 1.05. The second kappa shape index (κ2) is 3.33. The first-order valence-electron chi connectivity index (χ1n) is 4.06. The van der Waals surface area contributed by atoms with Gasteiger partial charge in [0.1, 0.15) is 5.69 Å². The zero-order chi connectivity index (χ0) is 10.1. The average molecular weight is 179 g/mol. The van der Waals surface area contributed by atoms with Crippen molar-refractivity contribution < 1.29 is 0 Å². The molecule has 1 aromatic rings. The summed E-state index contributed by atoms with van der Waals surface area (Å²) < 4.78 is 0.0294. The van der Waals surface area contributed by atoms with Crippen LogP contribution in [0.5, 0.6) is 0 Å². The van der Waals surface area contributed by atoms with Gasteiger partial charge in [0.25, 0.3) is 0 Å². The highest BCUT2D eigenvalue weighted by atomic mass is 15.5. The minimum Gasteiger partial charge on any atom is -0.584 e. The Hall–Kier alpha value is -1.10. The molecular weight excluding hydrogens is 164 g/mol. The predicted octanol–water partition coefficient (Wildman–Crippen LogP) is 2.62. The van der Waals surface area contributed by atoms with Gasteiger partial charge in [-0.15, -0.1) is 0 Å². The second-order valence-corrected chi connectivity index (χ2v) is 3.53. The van der Waals surface area contributed by atoms with Gasteiger partial charge in [0.2, 0.25) is 0 Å². The molecule has 0 fully saturated rings. The van der Waals surface area contributed by atoms with Crippen molar-refractivity contribution in [3.8, 4) is 0 Å². The fourth-order valence-corrected chi connectivity index (χ4v) is 1.05. The molecule has 1 aromatic carbocycles. The lowest BCUT2D eigenvalue weighted by atomic mass is 10.2. The molecule has 0 heterocycles. The van der Waals surface area contributed by atoms with E-state index in [1.807, 2.05) is 24.3 Å². The Labute approximate surface area is 78.9 Å². The number of hydrogen-bond donors (Lipinski definition) is 0. The van der Waals surface area contributed by atoms with E-state index in [-0.39, 0.29) is 4.59 Å². The molecule has 4 heteroatoms. The smallest absolute Gasteiger partial charge is 0.124 e. The monoisotopic (exact) mass is 179 g/mol. The van der Waals surface area contributed by atoms with Crippen molar-refractivity contribution in [1.82, 2.24) is 4.59 Å². The first-order valence-corrected chi connectivity index (χ1v) is 4.06. The van der Waals surface area contributed by atoms with E-state index in [4.69, 9.17) is 11.7 Å². The largest absolute Gasteiger partial charge is 0.584 e. The summed E-state index contributed by atoms with van der Waals surface area (Å²) in [6, 6.07) is 7.45. The molecule has 1 rings (SSSR count). The van der Waals surface area contributed by atoms with Crippen LogP contribution in [0.25, 0.3) is 11.7 Å². The van der Waals surface area contributed by atoms with Crippen molar-refractivity contribution in [2.45, 2.75) is 0 Å². The van der Waals surface area contributed by atoms with Crippen LogP contribution in [0.3, 0.4) is 0 Å². The van der Waals surface area contributed by atoms with Crippen molar-refractivity contribution in [3.05, 3.63) is 36.0 Å². The molecular formula is C9H15N4-. The number of nitrogens with one attached hydrogen (secondary N) is 2. The predicted molar refractivity (Wildman–Crippen MR) is 57.1 cm³/mol. The second-order valence-electron chi connectivity index (χ2n) is 3.53. The summed E-state index contributed by atoms with van der Waals surface area (Å²) >= 11 is 0. The van der Waals surface area contributed by atoms with E-state index < -0.39 is 0 Å². The third-order valence-electron chi connectivity index (χ3n) is 1.86. The van der Waals surface area contributed by atoms with E-state index in [2.05, 4.69) is 0 Å². The molecule has 0 amide bonds. The van der Waals surface area contributed by atoms with Crippen molar-refractivity contribution in [1.29, 1.82) is 0 Å². The van der Waals surface area contributed by atoms with Gasteiger partial charge in [-0.3, -0.25) is 0 Å². The molecule has 0 saturated carbocycles. The maximum atomic E-state index is 7.77. The van der Waals surface area contributed by atoms with Gasteiger partial charge in [-0.1, -0.05) is 6.07 Å². The molecule has 0 radical (unpaired) electrons. The molecule has 0 aliphatic rings. The van der Waals surface area contributed by atoms with Gasteiger partial charge >= 0.3 is 0 Å². The maximum Gasteiger partial charge on any atom is 0.124 e. The molecule has 0 saturated heterocycles. The Bertz CT molecular complexity index is 288. The van der Waals surface area contributed by atoms with Gasteiger partial charge < -0.3 is 21.3 Å². The van der Waals surface area contributed by atoms with Crippen LogP contribution in [-0.2, 0) is 0 Å². The number of hydrogen-bond acceptors (Lipinski definition) is 1. The fraction of sp³-hybridized carbons (Fsp3) is 0.333. The van der Waals surface area contributed by atoms with Crippen LogP contribution in [0.2, 0.25) is 0 Å². The normalized spacial score (nSPS) is 11.5. The molecule has 0 atom stereocenters. The van der Waals surface area contributed by atoms with Gasteiger partial charge in [0, 0.05) is 11.8 Å². The number of nitrogens with zero attached hydrogens (tertiary/aromatic N) is 2. The number of rotatable bonds is 2. The van der Waals surface area contributed by atoms with E-state index >= 15 is 0 Å². The summed E-state index contributed by atoms with van der Waals surface area (Å²) in [6.45, 7) is 0. The Balaban J connectivity index is 3.06. The minimum absolute atomic E-state index is 0.0294. The number of anilines is 1. The van der Waals surface area contributed by atoms with E-state index in [0.29, 0.717) is 0 Å². The summed E-state index contributed by atoms with van der Waals surface area (Å²) in [7, 11) is 5.23. The first-order chi connectivity index (χ1) is 5.91. The highest BCUT2D eigenvalue weighted by molar-refractivity contribution is 5.57. The highest BCUT2D eigenvalue weighted by Crippen LogP contribution is 2.24. The SMILES string of the molecule is CN([NH-])c1cccc([N+](C)(C)[NH-])c1. The summed E-state index contributed by atoms with van der Waals surface area (Å²) in [5, 5.41) is 1.29. The van der Waals surface area contributed by atoms with Crippen molar-refractivity contribution in [2.24, 2.45) is 0 Å². The zero-order valence-electron chi connectivity index (χ0n) is 8.20. The summed E-state index contributed by atoms with van der Waals surface area (Å²) in [4.78, 5) is 0. The Morgan fingerprint density at radius 3 is 2.38 bits per heavy atom. The molecule has 4 nitrogen and oxygen atoms in total. The van der Waals surface area contributed by atoms with Gasteiger partial charge in [0.15, 0.2) is 0 Å². The highest BCUT2D eigenvalue weighted by Gasteiger charge is 2.06. The van der Waals surface area contributed by atoms with Crippen LogP contribution in [-0.4, -0.2) is 21.1 Å². The molecule has 72 valence electrons. The molecule has 0 spiro atoms. The van der Waals surface area contributed by atoms with Crippen LogP contribution in [0.4, 0.5) is 11.4 Å². The lowest BCUT2D eigenvalue weighted by Crippen LogP contribution is -2.30. The van der Waals surface area contributed by atoms with Crippen LogP contribution >= 0.6 is 0 Å². The van der Waals surface area contributed by atoms with E-state index in [9.17, 15) is 0 Å². The zero-order valence-corrected chi connectivity index (χ0v) is 8.20. The molecule has 0 aliphatic carbocycles. The van der Waals surface area contributed by atoms with Crippen molar-refractivity contribution >= 4 is 11.4 Å². The Morgan fingerprint density at radius 1 is 1.31 bits per heavy atom. The summed E-state index contributed by atoms with van der Waals surface area (Å²) in [5.41, 5.74) is 1.67. The quantitative estimate of drug-likeness (QED) is 0.508. The number of benzene rings is 1. The molecule has 0 aliphatic heterocycles. The Morgan fingerprint density at radius 2 is 1.92 bits per heavy atom. The van der Waals surface area contributed by atoms with Crippen LogP contribution in [0.1, 0.15) is 0 Å². The van der Waals surface area contributed by atoms with Gasteiger partial charge in [0.05, 0.1) is 14.1 Å². The molecule has 13 heavy (non-hydrogen) atoms. The number of quaternary nitrogens is 1. The van der Waals surface area contributed by atoms with Gasteiger partial charge in [-0.05, 0) is 19.2 Å². The molecule has 0 aromatic heterocycles. The van der Waals surface area contributed by atoms with E-state index in [1.165, 1.54) is 5.01 Å². The van der Waals surface area contributed by atoms with Crippen molar-refractivity contribution in [3.63, 3.8) is 0 Å². The van der Waals surface area contributed by atoms with E-state index in [1.54, 1.807) is 21.1 Å². The van der Waals surface area contributed by atoms with E-state index in [0.717, 1.165) is 11.4 Å². The third kappa shape index (κ3) is 2.42. The topological polar surface area (TPSA) is 50.8 Å². The van der Waals surface area contributed by atoms with Crippen LogP contribution < -0.4 is 9.60 Å². The molecule has 0 unspecified atom stereocenters. The molecule has 0 bridgehead atoms. The summed E-state index contributed by atoms with van der Waals surface area (Å²) in [6.07, 6.45) is 0. The van der Waals surface area contributed by atoms with Gasteiger partial charge in [-0.25, -0.2) is 0 Å². The minimum atomic E-state index is 0.0294.